The van der Waals surface area contributed by atoms with Crippen molar-refractivity contribution >= 4 is 61.4 Å². The van der Waals surface area contributed by atoms with Crippen molar-refractivity contribution in [3.8, 4) is 0 Å². The standard InChI is InChI=1S/C16H10BrClO/c17-14-8-13-11-6-5-9(18)7-15(11)19-16(13)12-4-2-1-3-10(12)14/h1-4,6-9H,5H2. The van der Waals surface area contributed by atoms with E-state index in [9.17, 15) is 0 Å². The van der Waals surface area contributed by atoms with Gasteiger partial charge in [-0.2, -0.15) is 0 Å². The second-order valence-corrected chi connectivity index (χ2v) is 6.20. The largest absolute Gasteiger partial charge is 0.456 e. The molecule has 0 N–H and O–H groups in total. The van der Waals surface area contributed by atoms with Gasteiger partial charge in [-0.1, -0.05) is 46.3 Å². The van der Waals surface area contributed by atoms with Crippen LogP contribution >= 0.6 is 27.5 Å². The van der Waals surface area contributed by atoms with Gasteiger partial charge in [-0.15, -0.1) is 11.6 Å². The van der Waals surface area contributed by atoms with Crippen molar-refractivity contribution in [1.29, 1.82) is 0 Å². The summed E-state index contributed by atoms with van der Waals surface area (Å²) in [5.41, 5.74) is 1.84. The molecule has 1 aliphatic rings. The molecule has 19 heavy (non-hydrogen) atoms. The topological polar surface area (TPSA) is 13.1 Å². The second-order valence-electron chi connectivity index (χ2n) is 4.78. The Balaban J connectivity index is 2.29. The number of fused-ring (bicyclic) bond motifs is 5. The minimum Gasteiger partial charge on any atom is -0.456 e. The van der Waals surface area contributed by atoms with Crippen molar-refractivity contribution < 1.29 is 4.42 Å². The van der Waals surface area contributed by atoms with E-state index in [0.717, 1.165) is 32.7 Å². The van der Waals surface area contributed by atoms with Gasteiger partial charge in [-0.05, 0) is 23.9 Å². The van der Waals surface area contributed by atoms with Crippen molar-refractivity contribution in [2.75, 3.05) is 0 Å². The van der Waals surface area contributed by atoms with Gasteiger partial charge >= 0.3 is 0 Å². The van der Waals surface area contributed by atoms with Crippen LogP contribution in [0.5, 0.6) is 0 Å². The van der Waals surface area contributed by atoms with Crippen LogP contribution in [-0.4, -0.2) is 5.38 Å². The van der Waals surface area contributed by atoms with E-state index >= 15 is 0 Å². The molecule has 0 saturated heterocycles. The van der Waals surface area contributed by atoms with Crippen molar-refractivity contribution in [1.82, 2.24) is 0 Å². The van der Waals surface area contributed by atoms with Gasteiger partial charge in [0.05, 0.1) is 5.38 Å². The van der Waals surface area contributed by atoms with Crippen molar-refractivity contribution in [3.63, 3.8) is 0 Å². The third kappa shape index (κ3) is 1.67. The molecule has 94 valence electrons. The molecule has 3 heteroatoms. The average molecular weight is 334 g/mol. The van der Waals surface area contributed by atoms with E-state index in [0.29, 0.717) is 0 Å². The van der Waals surface area contributed by atoms with Crippen LogP contribution < -0.4 is 10.6 Å². The van der Waals surface area contributed by atoms with E-state index in [1.54, 1.807) is 0 Å². The molecule has 0 aliphatic heterocycles. The fourth-order valence-corrected chi connectivity index (χ4v) is 3.49. The van der Waals surface area contributed by atoms with Gasteiger partial charge in [0, 0.05) is 20.5 Å². The Morgan fingerprint density at radius 3 is 2.79 bits per heavy atom. The fraction of sp³-hybridized carbons (Fsp3) is 0.125. The summed E-state index contributed by atoms with van der Waals surface area (Å²) in [6.45, 7) is 0. The molecule has 0 bridgehead atoms. The van der Waals surface area contributed by atoms with Crippen LogP contribution in [0.25, 0.3) is 33.9 Å². The van der Waals surface area contributed by atoms with Gasteiger partial charge in [0.15, 0.2) is 0 Å². The Kier molecular flexibility index (Phi) is 2.51. The summed E-state index contributed by atoms with van der Waals surface area (Å²) in [6, 6.07) is 10.4. The van der Waals surface area contributed by atoms with Gasteiger partial charge in [0.2, 0.25) is 0 Å². The van der Waals surface area contributed by atoms with E-state index in [4.69, 9.17) is 16.0 Å². The highest BCUT2D eigenvalue weighted by molar-refractivity contribution is 9.10. The lowest BCUT2D eigenvalue weighted by atomic mass is 10.1. The molecule has 1 nitrogen and oxygen atoms in total. The first-order valence-electron chi connectivity index (χ1n) is 6.20. The highest BCUT2D eigenvalue weighted by Crippen LogP contribution is 2.30. The Labute approximate surface area is 123 Å². The Bertz CT molecular complexity index is 923. The molecule has 1 aliphatic carbocycles. The number of rotatable bonds is 0. The minimum absolute atomic E-state index is 0.0303. The summed E-state index contributed by atoms with van der Waals surface area (Å²) in [4.78, 5) is 0. The molecule has 4 rings (SSSR count). The summed E-state index contributed by atoms with van der Waals surface area (Å²) in [5.74, 6) is 0. The highest BCUT2D eigenvalue weighted by atomic mass is 79.9. The first-order chi connectivity index (χ1) is 9.24. The summed E-state index contributed by atoms with van der Waals surface area (Å²) < 4.78 is 7.13. The second kappa shape index (κ2) is 4.12. The maximum absolute atomic E-state index is 6.17. The van der Waals surface area contributed by atoms with Crippen LogP contribution in [0.3, 0.4) is 0 Å². The predicted octanol–water partition coefficient (Wildman–Crippen LogP) is 3.92. The summed E-state index contributed by atoms with van der Waals surface area (Å²) in [6.07, 6.45) is 5.02. The molecule has 0 radical (unpaired) electrons. The summed E-state index contributed by atoms with van der Waals surface area (Å²) in [7, 11) is 0. The first-order valence-corrected chi connectivity index (χ1v) is 7.43. The molecular weight excluding hydrogens is 324 g/mol. The maximum atomic E-state index is 6.17. The summed E-state index contributed by atoms with van der Waals surface area (Å²) >= 11 is 9.82. The third-order valence-corrected chi connectivity index (χ3v) is 4.55. The Morgan fingerprint density at radius 2 is 1.95 bits per heavy atom. The van der Waals surface area contributed by atoms with E-state index in [1.165, 1.54) is 10.6 Å². The van der Waals surface area contributed by atoms with Crippen LogP contribution in [0.2, 0.25) is 0 Å². The predicted molar refractivity (Wildman–Crippen MR) is 83.9 cm³/mol. The van der Waals surface area contributed by atoms with Crippen LogP contribution in [0, 0.1) is 0 Å². The molecule has 1 unspecified atom stereocenters. The van der Waals surface area contributed by atoms with E-state index in [1.807, 2.05) is 18.2 Å². The number of benzene rings is 2. The zero-order valence-corrected chi connectivity index (χ0v) is 12.3. The quantitative estimate of drug-likeness (QED) is 0.568. The molecule has 0 fully saturated rings. The van der Waals surface area contributed by atoms with Gasteiger partial charge in [-0.25, -0.2) is 0 Å². The lowest BCUT2D eigenvalue weighted by Gasteiger charge is -2.01. The normalized spacial score (nSPS) is 18.1. The van der Waals surface area contributed by atoms with E-state index in [2.05, 4.69) is 40.2 Å². The van der Waals surface area contributed by atoms with Crippen molar-refractivity contribution in [2.24, 2.45) is 0 Å². The lowest BCUT2D eigenvalue weighted by Crippen LogP contribution is -2.25. The molecule has 0 saturated carbocycles. The van der Waals surface area contributed by atoms with Crippen molar-refractivity contribution in [3.05, 3.63) is 45.4 Å². The smallest absolute Gasteiger partial charge is 0.143 e. The van der Waals surface area contributed by atoms with Crippen LogP contribution in [0.1, 0.15) is 6.42 Å². The number of furan rings is 1. The van der Waals surface area contributed by atoms with Crippen LogP contribution in [0.15, 0.2) is 39.2 Å². The molecule has 3 aromatic rings. The number of alkyl halides is 1. The van der Waals surface area contributed by atoms with Gasteiger partial charge in [-0.3, -0.25) is 0 Å². The number of hydrogen-bond donors (Lipinski definition) is 0. The molecular formula is C16H10BrClO. The van der Waals surface area contributed by atoms with Gasteiger partial charge in [0.1, 0.15) is 11.0 Å². The number of hydrogen-bond acceptors (Lipinski definition) is 1. The van der Waals surface area contributed by atoms with Gasteiger partial charge in [0.25, 0.3) is 0 Å². The third-order valence-electron chi connectivity index (χ3n) is 3.59. The van der Waals surface area contributed by atoms with E-state index < -0.39 is 0 Å². The fourth-order valence-electron chi connectivity index (χ4n) is 2.71. The maximum Gasteiger partial charge on any atom is 0.143 e. The van der Waals surface area contributed by atoms with E-state index in [-0.39, 0.29) is 5.38 Å². The molecule has 0 spiro atoms. The minimum atomic E-state index is 0.0303. The zero-order valence-electron chi connectivity index (χ0n) is 9.99. The van der Waals surface area contributed by atoms with Crippen molar-refractivity contribution in [2.45, 2.75) is 11.8 Å². The summed E-state index contributed by atoms with van der Waals surface area (Å²) in [5, 5.41) is 4.65. The van der Waals surface area contributed by atoms with Crippen LogP contribution in [-0.2, 0) is 0 Å². The van der Waals surface area contributed by atoms with Gasteiger partial charge < -0.3 is 4.42 Å². The average Bonchev–Trinajstić information content (AvgIpc) is 2.77. The molecule has 0 amide bonds. The molecule has 2 aromatic carbocycles. The number of halogens is 2. The lowest BCUT2D eigenvalue weighted by molar-refractivity contribution is 0.575. The first kappa shape index (κ1) is 11.6. The highest BCUT2D eigenvalue weighted by Gasteiger charge is 2.13. The zero-order chi connectivity index (χ0) is 13.0. The SMILES string of the molecule is ClC1C=c2oc3c(cc(Br)c4ccccc43)c2=CC1. The molecule has 1 atom stereocenters. The molecule has 1 aromatic heterocycles. The Morgan fingerprint density at radius 1 is 1.16 bits per heavy atom. The van der Waals surface area contributed by atoms with Crippen LogP contribution in [0.4, 0.5) is 0 Å². The molecule has 1 heterocycles. The Hall–Kier alpha value is -1.25. The monoisotopic (exact) mass is 332 g/mol.